The Labute approximate surface area is 172 Å². The zero-order valence-corrected chi connectivity index (χ0v) is 16.1. The summed E-state index contributed by atoms with van der Waals surface area (Å²) in [5, 5.41) is 22.6. The average molecular weight is 456 g/mol. The van der Waals surface area contributed by atoms with E-state index in [0.29, 0.717) is 21.5 Å². The predicted molar refractivity (Wildman–Crippen MR) is 107 cm³/mol. The lowest BCUT2D eigenvalue weighted by Gasteiger charge is -2.03. The van der Waals surface area contributed by atoms with Crippen LogP contribution in [0.25, 0.3) is 17.4 Å². The fraction of sp³-hybridized carbons (Fsp3) is 0. The van der Waals surface area contributed by atoms with Gasteiger partial charge in [-0.15, -0.1) is 0 Å². The molecule has 144 valence electrons. The number of furan rings is 1. The second-order valence-electron chi connectivity index (χ2n) is 5.75. The third-order valence-corrected chi connectivity index (χ3v) is 4.47. The zero-order chi connectivity index (χ0) is 21.0. The molecule has 1 N–H and O–H groups in total. The molecule has 0 fully saturated rings. The molecule has 0 atom stereocenters. The summed E-state index contributed by atoms with van der Waals surface area (Å²) in [6.07, 6.45) is 1.27. The molecule has 7 nitrogen and oxygen atoms in total. The minimum Gasteiger partial charge on any atom is -0.457 e. The lowest BCUT2D eigenvalue weighted by Crippen LogP contribution is -2.13. The first-order valence-corrected chi connectivity index (χ1v) is 8.89. The molecule has 0 radical (unpaired) electrons. The van der Waals surface area contributed by atoms with Gasteiger partial charge in [0.25, 0.3) is 11.6 Å². The lowest BCUT2D eigenvalue weighted by atomic mass is 10.1. The molecule has 1 amide bonds. The largest absolute Gasteiger partial charge is 0.457 e. The first kappa shape index (κ1) is 20.0. The van der Waals surface area contributed by atoms with Gasteiger partial charge in [0.15, 0.2) is 0 Å². The van der Waals surface area contributed by atoms with Gasteiger partial charge in [-0.1, -0.05) is 0 Å². The SMILES string of the molecule is N#CC(=Cc1ccc(-c2ccc([N+](=O)[O-])cc2Br)o1)C(=O)Nc1ccc(F)cc1. The Balaban J connectivity index is 1.82. The zero-order valence-electron chi connectivity index (χ0n) is 14.6. The van der Waals surface area contributed by atoms with Gasteiger partial charge in [-0.3, -0.25) is 14.9 Å². The van der Waals surface area contributed by atoms with Gasteiger partial charge in [-0.25, -0.2) is 4.39 Å². The average Bonchev–Trinajstić information content (AvgIpc) is 3.16. The summed E-state index contributed by atoms with van der Waals surface area (Å²) in [6.45, 7) is 0. The fourth-order valence-corrected chi connectivity index (χ4v) is 2.98. The van der Waals surface area contributed by atoms with Crippen LogP contribution in [0, 0.1) is 27.3 Å². The Hall–Kier alpha value is -3.77. The van der Waals surface area contributed by atoms with Crippen molar-refractivity contribution >= 4 is 39.3 Å². The summed E-state index contributed by atoms with van der Waals surface area (Å²) in [6, 6.07) is 14.3. The summed E-state index contributed by atoms with van der Waals surface area (Å²) in [4.78, 5) is 22.6. The Bertz CT molecular complexity index is 1160. The highest BCUT2D eigenvalue weighted by Crippen LogP contribution is 2.33. The summed E-state index contributed by atoms with van der Waals surface area (Å²) in [5.41, 5.74) is 0.631. The number of nitrogens with one attached hydrogen (secondary N) is 1. The summed E-state index contributed by atoms with van der Waals surface area (Å²) in [5.74, 6) is -0.474. The Morgan fingerprint density at radius 2 is 1.93 bits per heavy atom. The molecule has 3 aromatic rings. The highest BCUT2D eigenvalue weighted by atomic mass is 79.9. The fourth-order valence-electron chi connectivity index (χ4n) is 2.42. The van der Waals surface area contributed by atoms with Gasteiger partial charge < -0.3 is 9.73 Å². The first-order valence-electron chi connectivity index (χ1n) is 8.10. The van der Waals surface area contributed by atoms with Crippen LogP contribution in [0.3, 0.4) is 0 Å². The van der Waals surface area contributed by atoms with E-state index in [1.807, 2.05) is 0 Å². The van der Waals surface area contributed by atoms with Crippen molar-refractivity contribution in [2.24, 2.45) is 0 Å². The Morgan fingerprint density at radius 1 is 1.21 bits per heavy atom. The number of carbonyl (C=O) groups is 1. The van der Waals surface area contributed by atoms with Crippen molar-refractivity contribution in [3.8, 4) is 17.4 Å². The number of nitro groups is 1. The van der Waals surface area contributed by atoms with Crippen molar-refractivity contribution in [1.82, 2.24) is 0 Å². The predicted octanol–water partition coefficient (Wildman–Crippen LogP) is 5.30. The highest BCUT2D eigenvalue weighted by Gasteiger charge is 2.15. The number of hydrogen-bond donors (Lipinski definition) is 1. The Kier molecular flexibility index (Phi) is 5.85. The molecule has 0 unspecified atom stereocenters. The molecule has 0 saturated heterocycles. The molecule has 1 heterocycles. The quantitative estimate of drug-likeness (QED) is 0.243. The number of carbonyl (C=O) groups excluding carboxylic acids is 1. The Morgan fingerprint density at radius 3 is 2.55 bits per heavy atom. The van der Waals surface area contributed by atoms with Crippen LogP contribution in [0.15, 0.2) is 69.1 Å². The maximum absolute atomic E-state index is 12.9. The molecular formula is C20H11BrFN3O4. The number of anilines is 1. The van der Waals surface area contributed by atoms with E-state index in [1.165, 1.54) is 48.5 Å². The van der Waals surface area contributed by atoms with Crippen LogP contribution in [-0.2, 0) is 4.79 Å². The molecule has 1 aromatic heterocycles. The van der Waals surface area contributed by atoms with Gasteiger partial charge in [0.05, 0.1) is 4.92 Å². The van der Waals surface area contributed by atoms with Crippen molar-refractivity contribution in [3.63, 3.8) is 0 Å². The van der Waals surface area contributed by atoms with Crippen molar-refractivity contribution < 1.29 is 18.5 Å². The number of benzene rings is 2. The normalized spacial score (nSPS) is 11.0. The van der Waals surface area contributed by atoms with Crippen LogP contribution < -0.4 is 5.32 Å². The van der Waals surface area contributed by atoms with Crippen molar-refractivity contribution in [2.75, 3.05) is 5.32 Å². The van der Waals surface area contributed by atoms with Crippen LogP contribution in [0.4, 0.5) is 15.8 Å². The smallest absolute Gasteiger partial charge is 0.270 e. The van der Waals surface area contributed by atoms with E-state index >= 15 is 0 Å². The van der Waals surface area contributed by atoms with Gasteiger partial charge in [-0.05, 0) is 58.4 Å². The van der Waals surface area contributed by atoms with E-state index in [1.54, 1.807) is 18.2 Å². The molecule has 0 saturated carbocycles. The van der Waals surface area contributed by atoms with Crippen LogP contribution >= 0.6 is 15.9 Å². The molecule has 3 rings (SSSR count). The number of hydrogen-bond acceptors (Lipinski definition) is 5. The molecule has 2 aromatic carbocycles. The summed E-state index contributed by atoms with van der Waals surface area (Å²) in [7, 11) is 0. The summed E-state index contributed by atoms with van der Waals surface area (Å²) < 4.78 is 19.0. The number of nitrogens with zero attached hydrogens (tertiary/aromatic N) is 2. The van der Waals surface area contributed by atoms with Gasteiger partial charge in [0.1, 0.15) is 29.0 Å². The maximum atomic E-state index is 12.9. The van der Waals surface area contributed by atoms with Crippen LogP contribution in [-0.4, -0.2) is 10.8 Å². The molecule has 29 heavy (non-hydrogen) atoms. The van der Waals surface area contributed by atoms with Crippen LogP contribution in [0.2, 0.25) is 0 Å². The van der Waals surface area contributed by atoms with E-state index in [2.05, 4.69) is 21.2 Å². The second-order valence-corrected chi connectivity index (χ2v) is 6.61. The van der Waals surface area contributed by atoms with Crippen LogP contribution in [0.5, 0.6) is 0 Å². The second kappa shape index (κ2) is 8.50. The van der Waals surface area contributed by atoms with Gasteiger partial charge >= 0.3 is 0 Å². The molecule has 0 aliphatic rings. The van der Waals surface area contributed by atoms with Crippen molar-refractivity contribution in [2.45, 2.75) is 0 Å². The standard InChI is InChI=1S/C20H11BrFN3O4/c21-18-10-15(25(27)28)5-7-17(18)19-8-6-16(29-19)9-12(11-23)20(26)24-14-3-1-13(22)2-4-14/h1-10H,(H,24,26). The molecule has 0 aliphatic carbocycles. The number of non-ortho nitro benzene ring substituents is 1. The highest BCUT2D eigenvalue weighted by molar-refractivity contribution is 9.10. The van der Waals surface area contributed by atoms with E-state index in [-0.39, 0.29) is 17.0 Å². The number of amides is 1. The van der Waals surface area contributed by atoms with Crippen molar-refractivity contribution in [1.29, 1.82) is 5.26 Å². The number of nitriles is 1. The van der Waals surface area contributed by atoms with Crippen LogP contribution in [0.1, 0.15) is 5.76 Å². The van der Waals surface area contributed by atoms with Gasteiger partial charge in [0, 0.05) is 33.9 Å². The van der Waals surface area contributed by atoms with Crippen molar-refractivity contribution in [3.05, 3.63) is 86.3 Å². The van der Waals surface area contributed by atoms with E-state index in [4.69, 9.17) is 4.42 Å². The van der Waals surface area contributed by atoms with E-state index in [9.17, 15) is 24.6 Å². The summed E-state index contributed by atoms with van der Waals surface area (Å²) >= 11 is 3.27. The molecule has 9 heteroatoms. The molecule has 0 bridgehead atoms. The van der Waals surface area contributed by atoms with Gasteiger partial charge in [-0.2, -0.15) is 5.26 Å². The third-order valence-electron chi connectivity index (χ3n) is 3.81. The number of nitro benzene ring substituents is 1. The first-order chi connectivity index (χ1) is 13.9. The number of rotatable bonds is 5. The number of halogens is 2. The molecule has 0 spiro atoms. The minimum atomic E-state index is -0.673. The molecular weight excluding hydrogens is 445 g/mol. The monoisotopic (exact) mass is 455 g/mol. The maximum Gasteiger partial charge on any atom is 0.270 e. The topological polar surface area (TPSA) is 109 Å². The van der Waals surface area contributed by atoms with E-state index in [0.717, 1.165) is 0 Å². The third kappa shape index (κ3) is 4.75. The van der Waals surface area contributed by atoms with E-state index < -0.39 is 16.6 Å². The molecule has 0 aliphatic heterocycles. The van der Waals surface area contributed by atoms with Gasteiger partial charge in [0.2, 0.25) is 0 Å². The minimum absolute atomic E-state index is 0.0727. The lowest BCUT2D eigenvalue weighted by molar-refractivity contribution is -0.384.